The van der Waals surface area contributed by atoms with Gasteiger partial charge in [0.05, 0.1) is 12.3 Å². The summed E-state index contributed by atoms with van der Waals surface area (Å²) in [4.78, 5) is 23.3. The minimum Gasteiger partial charge on any atom is -0.481 e. The number of para-hydroxylation sites is 1. The average molecular weight is 300 g/mol. The molecule has 1 aromatic carbocycles. The van der Waals surface area contributed by atoms with Crippen molar-refractivity contribution in [2.45, 2.75) is 25.3 Å². The minimum absolute atomic E-state index is 0.0169. The summed E-state index contributed by atoms with van der Waals surface area (Å²) in [5.41, 5.74) is 1.28. The normalized spacial score (nSPS) is 29.3. The first kappa shape index (κ1) is 13.3. The molecule has 4 rings (SSSR count). The van der Waals surface area contributed by atoms with Crippen LogP contribution < -0.4 is 5.32 Å². The molecule has 0 spiro atoms. The van der Waals surface area contributed by atoms with Crippen molar-refractivity contribution in [1.29, 1.82) is 0 Å². The number of rotatable bonds is 4. The second kappa shape index (κ2) is 4.83. The molecule has 2 fully saturated rings. The first-order chi connectivity index (χ1) is 10.6. The van der Waals surface area contributed by atoms with Gasteiger partial charge in [0.25, 0.3) is 0 Å². The van der Waals surface area contributed by atoms with E-state index in [2.05, 4.69) is 10.5 Å². The summed E-state index contributed by atoms with van der Waals surface area (Å²) < 4.78 is 5.19. The summed E-state index contributed by atoms with van der Waals surface area (Å²) >= 11 is 0. The number of carboxylic acids is 1. The number of aliphatic carboxylic acids is 1. The van der Waals surface area contributed by atoms with E-state index in [1.807, 2.05) is 24.3 Å². The lowest BCUT2D eigenvalue weighted by Gasteiger charge is -2.15. The maximum atomic E-state index is 12.2. The number of carboxylic acid groups (broad SMARTS) is 1. The zero-order valence-electron chi connectivity index (χ0n) is 11.9. The summed E-state index contributed by atoms with van der Waals surface area (Å²) in [7, 11) is 0. The predicted molar refractivity (Wildman–Crippen MR) is 77.0 cm³/mol. The van der Waals surface area contributed by atoms with Crippen LogP contribution in [0.1, 0.15) is 18.5 Å². The molecule has 2 N–H and O–H groups in total. The molecule has 0 saturated heterocycles. The molecule has 0 radical (unpaired) electrons. The van der Waals surface area contributed by atoms with Crippen LogP contribution in [-0.4, -0.2) is 28.2 Å². The van der Waals surface area contributed by atoms with Gasteiger partial charge in [0, 0.05) is 11.4 Å². The Labute approximate surface area is 126 Å². The van der Waals surface area contributed by atoms with Crippen molar-refractivity contribution in [2.75, 3.05) is 0 Å². The van der Waals surface area contributed by atoms with Crippen LogP contribution in [0.4, 0.5) is 0 Å². The van der Waals surface area contributed by atoms with Crippen molar-refractivity contribution in [3.63, 3.8) is 0 Å². The molecule has 4 atom stereocenters. The van der Waals surface area contributed by atoms with Gasteiger partial charge in [0.1, 0.15) is 5.69 Å². The average Bonchev–Trinajstić information content (AvgIpc) is 3.07. The van der Waals surface area contributed by atoms with Gasteiger partial charge in [-0.15, -0.1) is 0 Å². The Kier molecular flexibility index (Phi) is 2.92. The molecule has 0 bridgehead atoms. The molecule has 2 aliphatic carbocycles. The van der Waals surface area contributed by atoms with Gasteiger partial charge < -0.3 is 14.9 Å². The summed E-state index contributed by atoms with van der Waals surface area (Å²) in [6.45, 7) is 0. The predicted octanol–water partition coefficient (Wildman–Crippen LogP) is 1.60. The highest BCUT2D eigenvalue weighted by molar-refractivity contribution is 5.86. The molecule has 114 valence electrons. The Hall–Kier alpha value is -2.37. The smallest absolute Gasteiger partial charge is 0.306 e. The zero-order valence-corrected chi connectivity index (χ0v) is 11.9. The fraction of sp³-hybridized carbons (Fsp3) is 0.438. The monoisotopic (exact) mass is 300 g/mol. The minimum atomic E-state index is -0.744. The third-order valence-corrected chi connectivity index (χ3v) is 4.88. The number of carbonyl (C=O) groups is 2. The van der Waals surface area contributed by atoms with Crippen LogP contribution in [0.3, 0.4) is 0 Å². The van der Waals surface area contributed by atoms with Crippen molar-refractivity contribution >= 4 is 22.8 Å². The van der Waals surface area contributed by atoms with Crippen molar-refractivity contribution in [2.24, 2.45) is 17.8 Å². The fourth-order valence-electron chi connectivity index (χ4n) is 3.71. The van der Waals surface area contributed by atoms with Gasteiger partial charge in [-0.1, -0.05) is 17.3 Å². The molecule has 1 heterocycles. The highest BCUT2D eigenvalue weighted by Gasteiger charge is 2.57. The first-order valence-corrected chi connectivity index (χ1v) is 7.49. The number of benzene rings is 1. The highest BCUT2D eigenvalue weighted by atomic mass is 16.5. The quantitative estimate of drug-likeness (QED) is 0.894. The van der Waals surface area contributed by atoms with Gasteiger partial charge in [0.2, 0.25) is 5.91 Å². The van der Waals surface area contributed by atoms with Crippen LogP contribution in [0, 0.1) is 17.8 Å². The van der Waals surface area contributed by atoms with Crippen LogP contribution in [0.25, 0.3) is 11.0 Å². The highest BCUT2D eigenvalue weighted by Crippen LogP contribution is 2.55. The number of hydrogen-bond acceptors (Lipinski definition) is 4. The molecule has 2 saturated carbocycles. The molecule has 22 heavy (non-hydrogen) atoms. The lowest BCUT2D eigenvalue weighted by molar-refractivity contribution is -0.142. The molecular formula is C16H16N2O4. The van der Waals surface area contributed by atoms with E-state index >= 15 is 0 Å². The van der Waals surface area contributed by atoms with E-state index in [4.69, 9.17) is 9.63 Å². The van der Waals surface area contributed by atoms with Gasteiger partial charge >= 0.3 is 5.97 Å². The fourth-order valence-corrected chi connectivity index (χ4v) is 3.71. The zero-order chi connectivity index (χ0) is 15.3. The number of carbonyl (C=O) groups excluding carboxylic acids is 1. The molecule has 0 aliphatic heterocycles. The summed E-state index contributed by atoms with van der Waals surface area (Å²) in [6.07, 6.45) is 1.60. The maximum Gasteiger partial charge on any atom is 0.306 e. The number of aromatic nitrogens is 1. The molecule has 6 nitrogen and oxygen atoms in total. The largest absolute Gasteiger partial charge is 0.481 e. The van der Waals surface area contributed by atoms with E-state index in [-0.39, 0.29) is 30.2 Å². The van der Waals surface area contributed by atoms with Crippen molar-refractivity contribution in [3.8, 4) is 0 Å². The van der Waals surface area contributed by atoms with E-state index in [1.54, 1.807) is 0 Å². The Morgan fingerprint density at radius 1 is 1.27 bits per heavy atom. The van der Waals surface area contributed by atoms with E-state index in [1.165, 1.54) is 0 Å². The standard InChI is InChI=1S/C16H16N2O4/c19-15(7-13-8-3-1-2-4-14(8)22-18-13)17-12-6-11(16(20)21)9-5-10(9)12/h1-4,9-12H,5-7H2,(H,17,19)(H,20,21)/t9-,10+,11-,12+/m1/s1. The number of nitrogens with zero attached hydrogens (tertiary/aromatic N) is 1. The van der Waals surface area contributed by atoms with Crippen LogP contribution >= 0.6 is 0 Å². The van der Waals surface area contributed by atoms with E-state index in [0.717, 1.165) is 11.8 Å². The number of fused-ring (bicyclic) bond motifs is 2. The van der Waals surface area contributed by atoms with Gasteiger partial charge in [-0.25, -0.2) is 0 Å². The molecule has 6 heteroatoms. The van der Waals surface area contributed by atoms with Crippen molar-refractivity contribution < 1.29 is 19.2 Å². The van der Waals surface area contributed by atoms with Crippen LogP contribution in [-0.2, 0) is 16.0 Å². The van der Waals surface area contributed by atoms with Gasteiger partial charge in [0.15, 0.2) is 5.58 Å². The van der Waals surface area contributed by atoms with Crippen molar-refractivity contribution in [3.05, 3.63) is 30.0 Å². The van der Waals surface area contributed by atoms with Gasteiger partial charge in [-0.3, -0.25) is 9.59 Å². The Morgan fingerprint density at radius 2 is 2.09 bits per heavy atom. The number of amides is 1. The van der Waals surface area contributed by atoms with Crippen LogP contribution in [0.2, 0.25) is 0 Å². The first-order valence-electron chi connectivity index (χ1n) is 7.49. The Balaban J connectivity index is 1.42. The second-order valence-corrected chi connectivity index (χ2v) is 6.22. The second-order valence-electron chi connectivity index (χ2n) is 6.22. The molecule has 2 aromatic rings. The van der Waals surface area contributed by atoms with Gasteiger partial charge in [-0.2, -0.15) is 0 Å². The number of nitrogens with one attached hydrogen (secondary N) is 1. The summed E-state index contributed by atoms with van der Waals surface area (Å²) in [5.74, 6) is -0.592. The van der Waals surface area contributed by atoms with Crippen LogP contribution in [0.5, 0.6) is 0 Å². The molecule has 2 aliphatic rings. The van der Waals surface area contributed by atoms with E-state index < -0.39 is 5.97 Å². The Morgan fingerprint density at radius 3 is 2.86 bits per heavy atom. The van der Waals surface area contributed by atoms with Crippen LogP contribution in [0.15, 0.2) is 28.8 Å². The third-order valence-electron chi connectivity index (χ3n) is 4.88. The third kappa shape index (κ3) is 2.15. The summed E-state index contributed by atoms with van der Waals surface area (Å²) in [6, 6.07) is 7.41. The summed E-state index contributed by atoms with van der Waals surface area (Å²) in [5, 5.41) is 16.9. The lowest BCUT2D eigenvalue weighted by atomic mass is 10.0. The number of hydrogen-bond donors (Lipinski definition) is 2. The van der Waals surface area contributed by atoms with Crippen molar-refractivity contribution in [1.82, 2.24) is 10.5 Å². The SMILES string of the molecule is O=C(Cc1noc2ccccc12)N[C@H]1C[C@@H](C(=O)O)[C@@H]2C[C@@H]21. The van der Waals surface area contributed by atoms with E-state index in [0.29, 0.717) is 23.6 Å². The molecular weight excluding hydrogens is 284 g/mol. The Bertz CT molecular complexity index is 753. The van der Waals surface area contributed by atoms with E-state index in [9.17, 15) is 9.59 Å². The maximum absolute atomic E-state index is 12.2. The molecule has 0 unspecified atom stereocenters. The lowest BCUT2D eigenvalue weighted by Crippen LogP contribution is -2.37. The molecule has 1 amide bonds. The topological polar surface area (TPSA) is 92.4 Å². The van der Waals surface area contributed by atoms with Gasteiger partial charge in [-0.05, 0) is 36.8 Å². The molecule has 1 aromatic heterocycles.